The Balaban J connectivity index is 2.41. The van der Waals surface area contributed by atoms with Crippen LogP contribution in [0.15, 0.2) is 12.0 Å². The molecule has 1 heterocycles. The van der Waals surface area contributed by atoms with Crippen molar-refractivity contribution in [3.05, 3.63) is 12.0 Å². The summed E-state index contributed by atoms with van der Waals surface area (Å²) in [5, 5.41) is 3.19. The van der Waals surface area contributed by atoms with Gasteiger partial charge in [0.2, 0.25) is 0 Å². The van der Waals surface area contributed by atoms with Crippen LogP contribution in [0, 0.1) is 5.92 Å². The average molecular weight is 141 g/mol. The highest BCUT2D eigenvalue weighted by Gasteiger charge is 2.07. The molecule has 0 aromatic heterocycles. The molecule has 0 amide bonds. The lowest BCUT2D eigenvalue weighted by Crippen LogP contribution is -2.23. The summed E-state index contributed by atoms with van der Waals surface area (Å²) in [5.41, 5.74) is 0. The van der Waals surface area contributed by atoms with Gasteiger partial charge in [0.15, 0.2) is 5.88 Å². The van der Waals surface area contributed by atoms with Gasteiger partial charge in [-0.3, -0.25) is 0 Å². The van der Waals surface area contributed by atoms with Gasteiger partial charge in [0.25, 0.3) is 0 Å². The third-order valence-electron chi connectivity index (χ3n) is 1.63. The Bertz CT molecular complexity index is 131. The van der Waals surface area contributed by atoms with E-state index in [-0.39, 0.29) is 0 Å². The summed E-state index contributed by atoms with van der Waals surface area (Å²) in [7, 11) is 0. The highest BCUT2D eigenvalue weighted by atomic mass is 16.5. The monoisotopic (exact) mass is 141 g/mol. The van der Waals surface area contributed by atoms with E-state index in [1.54, 1.807) is 0 Å². The molecule has 0 saturated heterocycles. The Morgan fingerprint density at radius 1 is 1.80 bits per heavy atom. The van der Waals surface area contributed by atoms with E-state index < -0.39 is 0 Å². The third-order valence-corrected chi connectivity index (χ3v) is 1.63. The van der Waals surface area contributed by atoms with Crippen LogP contribution in [-0.2, 0) is 4.74 Å². The lowest BCUT2D eigenvalue weighted by Gasteiger charge is -2.19. The Morgan fingerprint density at radius 2 is 2.60 bits per heavy atom. The van der Waals surface area contributed by atoms with Crippen LogP contribution in [0.5, 0.6) is 0 Å². The summed E-state index contributed by atoms with van der Waals surface area (Å²) >= 11 is 0. The number of rotatable bonds is 2. The predicted molar refractivity (Wildman–Crippen MR) is 41.5 cm³/mol. The molecule has 10 heavy (non-hydrogen) atoms. The topological polar surface area (TPSA) is 21.3 Å². The average Bonchev–Trinajstić information content (AvgIpc) is 1.88. The van der Waals surface area contributed by atoms with Crippen molar-refractivity contribution in [1.29, 1.82) is 0 Å². The lowest BCUT2D eigenvalue weighted by atomic mass is 10.1. The molecule has 1 atom stereocenters. The van der Waals surface area contributed by atoms with Crippen molar-refractivity contribution >= 4 is 0 Å². The van der Waals surface area contributed by atoms with Crippen LogP contribution in [0.2, 0.25) is 0 Å². The number of nitrogens with one attached hydrogen (secondary N) is 1. The van der Waals surface area contributed by atoms with Crippen LogP contribution in [0.3, 0.4) is 0 Å². The first-order valence-corrected chi connectivity index (χ1v) is 3.91. The first-order valence-electron chi connectivity index (χ1n) is 3.91. The Labute approximate surface area is 62.3 Å². The molecule has 1 N–H and O–H groups in total. The van der Waals surface area contributed by atoms with Crippen LogP contribution in [0.25, 0.3) is 0 Å². The second-order valence-corrected chi connectivity index (χ2v) is 2.66. The molecule has 2 nitrogen and oxygen atoms in total. The second kappa shape index (κ2) is 3.49. The van der Waals surface area contributed by atoms with Gasteiger partial charge in [-0.15, -0.1) is 0 Å². The first kappa shape index (κ1) is 7.45. The fourth-order valence-electron chi connectivity index (χ4n) is 1.08. The van der Waals surface area contributed by atoms with Crippen molar-refractivity contribution in [2.45, 2.75) is 20.3 Å². The fraction of sp³-hybridized carbons (Fsp3) is 0.750. The van der Waals surface area contributed by atoms with E-state index in [1.807, 2.05) is 6.92 Å². The van der Waals surface area contributed by atoms with Crippen LogP contribution < -0.4 is 5.32 Å². The van der Waals surface area contributed by atoms with E-state index in [4.69, 9.17) is 4.74 Å². The largest absolute Gasteiger partial charge is 0.480 e. The van der Waals surface area contributed by atoms with Crippen LogP contribution in [0.1, 0.15) is 20.3 Å². The van der Waals surface area contributed by atoms with Gasteiger partial charge in [-0.1, -0.05) is 6.92 Å². The molecule has 0 aromatic carbocycles. The minimum atomic E-state index is 0.669. The summed E-state index contributed by atoms with van der Waals surface area (Å²) < 4.78 is 5.30. The van der Waals surface area contributed by atoms with Crippen LogP contribution in [-0.4, -0.2) is 13.2 Å². The van der Waals surface area contributed by atoms with Gasteiger partial charge in [0.05, 0.1) is 6.61 Å². The van der Waals surface area contributed by atoms with E-state index in [0.717, 1.165) is 19.0 Å². The highest BCUT2D eigenvalue weighted by Crippen LogP contribution is 2.11. The zero-order chi connectivity index (χ0) is 7.40. The van der Waals surface area contributed by atoms with Crippen LogP contribution in [0.4, 0.5) is 0 Å². The predicted octanol–water partition coefficient (Wildman–Crippen LogP) is 1.49. The second-order valence-electron chi connectivity index (χ2n) is 2.66. The lowest BCUT2D eigenvalue weighted by molar-refractivity contribution is 0.195. The first-order chi connectivity index (χ1) is 4.83. The standard InChI is InChI=1S/C8H15NO/c1-3-10-8-6-7(2)4-5-9-8/h6-7,9H,3-5H2,1-2H3/t7-/m1/s1. The molecule has 0 aromatic rings. The molecule has 0 spiro atoms. The van der Waals surface area contributed by atoms with E-state index in [2.05, 4.69) is 18.3 Å². The SMILES string of the molecule is CCOC1=C[C@H](C)CCN1. The Hall–Kier alpha value is -0.660. The zero-order valence-corrected chi connectivity index (χ0v) is 6.68. The molecule has 58 valence electrons. The molecule has 2 heteroatoms. The van der Waals surface area contributed by atoms with Crippen molar-refractivity contribution in [2.75, 3.05) is 13.2 Å². The molecule has 0 radical (unpaired) electrons. The number of allylic oxidation sites excluding steroid dienone is 1. The third kappa shape index (κ3) is 1.94. The molecule has 1 aliphatic rings. The normalized spacial score (nSPS) is 25.0. The minimum Gasteiger partial charge on any atom is -0.480 e. The molecule has 0 bridgehead atoms. The highest BCUT2D eigenvalue weighted by molar-refractivity contribution is 4.97. The van der Waals surface area contributed by atoms with Gasteiger partial charge in [-0.2, -0.15) is 0 Å². The van der Waals surface area contributed by atoms with E-state index in [0.29, 0.717) is 5.92 Å². The maximum Gasteiger partial charge on any atom is 0.182 e. The molecule has 1 rings (SSSR count). The van der Waals surface area contributed by atoms with Gasteiger partial charge >= 0.3 is 0 Å². The summed E-state index contributed by atoms with van der Waals surface area (Å²) in [5.74, 6) is 1.63. The fourth-order valence-corrected chi connectivity index (χ4v) is 1.08. The molecule has 0 aliphatic carbocycles. The minimum absolute atomic E-state index is 0.669. The molecule has 0 unspecified atom stereocenters. The Kier molecular flexibility index (Phi) is 2.60. The summed E-state index contributed by atoms with van der Waals surface area (Å²) in [4.78, 5) is 0. The summed E-state index contributed by atoms with van der Waals surface area (Å²) in [6, 6.07) is 0. The maximum atomic E-state index is 5.30. The van der Waals surface area contributed by atoms with Gasteiger partial charge in [-0.25, -0.2) is 0 Å². The number of ether oxygens (including phenoxy) is 1. The molecule has 1 aliphatic heterocycles. The van der Waals surface area contributed by atoms with Gasteiger partial charge in [0.1, 0.15) is 0 Å². The summed E-state index contributed by atoms with van der Waals surface area (Å²) in [6.45, 7) is 6.01. The van der Waals surface area contributed by atoms with Crippen molar-refractivity contribution in [1.82, 2.24) is 5.32 Å². The van der Waals surface area contributed by atoms with Crippen molar-refractivity contribution in [3.8, 4) is 0 Å². The van der Waals surface area contributed by atoms with Crippen LogP contribution >= 0.6 is 0 Å². The van der Waals surface area contributed by atoms with Crippen molar-refractivity contribution in [3.63, 3.8) is 0 Å². The Morgan fingerprint density at radius 3 is 3.20 bits per heavy atom. The number of hydrogen-bond acceptors (Lipinski definition) is 2. The maximum absolute atomic E-state index is 5.30. The van der Waals surface area contributed by atoms with Crippen molar-refractivity contribution in [2.24, 2.45) is 5.92 Å². The van der Waals surface area contributed by atoms with Gasteiger partial charge < -0.3 is 10.1 Å². The molecular weight excluding hydrogens is 126 g/mol. The quantitative estimate of drug-likeness (QED) is 0.629. The van der Waals surface area contributed by atoms with E-state index >= 15 is 0 Å². The molecule has 0 fully saturated rings. The van der Waals surface area contributed by atoms with Gasteiger partial charge in [-0.05, 0) is 25.3 Å². The smallest absolute Gasteiger partial charge is 0.182 e. The summed E-state index contributed by atoms with van der Waals surface area (Å²) in [6.07, 6.45) is 3.36. The molecular formula is C8H15NO. The zero-order valence-electron chi connectivity index (χ0n) is 6.68. The molecule has 0 saturated carbocycles. The van der Waals surface area contributed by atoms with Gasteiger partial charge in [0, 0.05) is 6.54 Å². The number of hydrogen-bond donors (Lipinski definition) is 1. The van der Waals surface area contributed by atoms with Crippen molar-refractivity contribution < 1.29 is 4.74 Å². The van der Waals surface area contributed by atoms with E-state index in [1.165, 1.54) is 6.42 Å². The van der Waals surface area contributed by atoms with E-state index in [9.17, 15) is 0 Å².